The SMILES string of the molecule is C=CCCc1ccccc1C1=CC(CCCC)=C(c2ccccc2CCC=C)[N+]1=[N-].CCCCCCCCCCCCCCCCCCCCCCCCCCC[CH2][Ni][CH2]CCCCCCCCCCCCCCCCCCCCCCCCCCC. The van der Waals surface area contributed by atoms with Gasteiger partial charge in [-0.1, -0.05) is 268 Å². The zero-order valence-electron chi connectivity index (χ0n) is 58.6. The van der Waals surface area contributed by atoms with Gasteiger partial charge in [0.25, 0.3) is 0 Å². The van der Waals surface area contributed by atoms with Crippen LogP contribution < -0.4 is 0 Å². The first kappa shape index (κ1) is 80.6. The Morgan fingerprint density at radius 1 is 0.322 bits per heavy atom. The summed E-state index contributed by atoms with van der Waals surface area (Å²) < 4.78 is 1.42. The van der Waals surface area contributed by atoms with E-state index in [0.29, 0.717) is 0 Å². The van der Waals surface area contributed by atoms with Crippen LogP contribution in [0.4, 0.5) is 0 Å². The molecule has 87 heavy (non-hydrogen) atoms. The summed E-state index contributed by atoms with van der Waals surface area (Å²) in [6, 6.07) is 16.8. The van der Waals surface area contributed by atoms with Crippen molar-refractivity contribution < 1.29 is 19.1 Å². The molecule has 502 valence electrons. The van der Waals surface area contributed by atoms with E-state index in [1.54, 1.807) is 0 Å². The summed E-state index contributed by atoms with van der Waals surface area (Å²) in [5.41, 5.74) is 19.1. The molecule has 0 fully saturated rings. The second-order valence-corrected chi connectivity index (χ2v) is 28.4. The van der Waals surface area contributed by atoms with Gasteiger partial charge >= 0.3 is 166 Å². The van der Waals surface area contributed by atoms with Crippen LogP contribution in [-0.2, 0) is 27.3 Å². The fraction of sp³-hybridized carbons (Fsp3) is 0.762. The van der Waals surface area contributed by atoms with Crippen LogP contribution >= 0.6 is 0 Å². The summed E-state index contributed by atoms with van der Waals surface area (Å²) in [6.45, 7) is 14.6. The molecule has 0 spiro atoms. The molecule has 0 aliphatic carbocycles. The minimum absolute atomic E-state index is 0.870. The van der Waals surface area contributed by atoms with Gasteiger partial charge in [-0.05, 0) is 61.8 Å². The summed E-state index contributed by atoms with van der Waals surface area (Å²) in [5, 5.41) is 2.87. The first-order valence-electron chi connectivity index (χ1n) is 38.9. The van der Waals surface area contributed by atoms with Crippen LogP contribution in [0.1, 0.15) is 409 Å². The maximum absolute atomic E-state index is 11.4. The van der Waals surface area contributed by atoms with Gasteiger partial charge in [0.15, 0.2) is 0 Å². The van der Waals surface area contributed by atoms with Crippen LogP contribution in [0.25, 0.3) is 16.9 Å². The number of rotatable bonds is 65. The van der Waals surface area contributed by atoms with Crippen molar-refractivity contribution in [3.05, 3.63) is 113 Å². The summed E-state index contributed by atoms with van der Waals surface area (Å²) in [6.07, 6.45) is 90.1. The molecule has 0 atom stereocenters. The zero-order valence-corrected chi connectivity index (χ0v) is 59.6. The molecule has 0 bridgehead atoms. The van der Waals surface area contributed by atoms with Gasteiger partial charge in [-0.25, -0.2) is 4.70 Å². The molecule has 2 aromatic rings. The number of benzene rings is 2. The molecule has 0 saturated carbocycles. The van der Waals surface area contributed by atoms with Gasteiger partial charge in [-0.3, -0.25) is 0 Å². The van der Waals surface area contributed by atoms with E-state index < -0.39 is 0 Å². The molecule has 0 saturated heterocycles. The minimum Gasteiger partial charge on any atom is -0.0654 e. The first-order chi connectivity index (χ1) is 43.1. The van der Waals surface area contributed by atoms with E-state index in [-0.39, 0.29) is 0 Å². The van der Waals surface area contributed by atoms with Gasteiger partial charge in [0, 0.05) is 22.8 Å². The Hall–Kier alpha value is -2.51. The van der Waals surface area contributed by atoms with Gasteiger partial charge in [0.2, 0.25) is 11.4 Å². The maximum atomic E-state index is 11.4. The molecule has 2 nitrogen and oxygen atoms in total. The molecule has 0 radical (unpaired) electrons. The van der Waals surface area contributed by atoms with E-state index in [1.807, 2.05) is 18.2 Å². The Morgan fingerprint density at radius 3 is 0.862 bits per heavy atom. The van der Waals surface area contributed by atoms with Gasteiger partial charge in [-0.2, -0.15) is 0 Å². The molecule has 3 heteroatoms. The van der Waals surface area contributed by atoms with Crippen LogP contribution in [0.15, 0.2) is 85.5 Å². The fourth-order valence-corrected chi connectivity index (χ4v) is 14.3. The third-order valence-electron chi connectivity index (χ3n) is 18.8. The smallest absolute Gasteiger partial charge is 0.0654 e. The molecular weight excluding hydrogens is 1100 g/mol. The first-order valence-corrected chi connectivity index (χ1v) is 40.3. The van der Waals surface area contributed by atoms with Crippen molar-refractivity contribution in [3.63, 3.8) is 0 Å². The number of hydrogen-bond donors (Lipinski definition) is 0. The van der Waals surface area contributed by atoms with Gasteiger partial charge < -0.3 is 5.53 Å². The molecule has 2 aromatic carbocycles. The Bertz CT molecular complexity index is 1850. The third kappa shape index (κ3) is 46.3. The topological polar surface area (TPSA) is 25.3 Å². The van der Waals surface area contributed by atoms with E-state index in [4.69, 9.17) is 0 Å². The number of hydrogen-bond acceptors (Lipinski definition) is 0. The predicted octanol–water partition coefficient (Wildman–Crippen LogP) is 30.1. The van der Waals surface area contributed by atoms with E-state index >= 15 is 0 Å². The van der Waals surface area contributed by atoms with E-state index in [2.05, 4.69) is 96.9 Å². The molecular formula is C84H146N2Ni. The number of allylic oxidation sites excluding steroid dienone is 4. The number of nitrogens with zero attached hydrogens (tertiary/aromatic N) is 2. The average Bonchev–Trinajstić information content (AvgIpc) is 1.91. The molecule has 0 unspecified atom stereocenters. The Labute approximate surface area is 550 Å². The quantitative estimate of drug-likeness (QED) is 0.0273. The van der Waals surface area contributed by atoms with E-state index in [9.17, 15) is 5.53 Å². The second kappa shape index (κ2) is 63.6. The fourth-order valence-electron chi connectivity index (χ4n) is 13.1. The summed E-state index contributed by atoms with van der Waals surface area (Å²) >= 11 is 2.05. The molecule has 1 aliphatic rings. The molecule has 3 rings (SSSR count). The van der Waals surface area contributed by atoms with Crippen molar-refractivity contribution in [1.82, 2.24) is 0 Å². The standard InChI is InChI=1S/C28H32N2.2C28H57.Ni/c1-4-7-14-22-17-10-12-19-25(22)27-21-24(16-9-6-3)28(30(27)29)26-20-13-11-18-23(26)15-8-5-2;2*1-3-5-7-9-11-13-15-17-19-21-23-25-27-28-26-24-22-20-18-16-14-12-10-8-6-4-2;/h4-5,10-13,17-21H,1-2,6-9,14-16H2,3H3;2*1,3-28H2,2H3;. The summed E-state index contributed by atoms with van der Waals surface area (Å²) in [4.78, 5) is 0. The minimum atomic E-state index is 0.870. The Balaban J connectivity index is 0.000000712. The Morgan fingerprint density at radius 2 is 0.575 bits per heavy atom. The monoisotopic (exact) mass is 1240 g/mol. The number of aryl methyl sites for hydroxylation is 2. The molecule has 0 N–H and O–H groups in total. The summed E-state index contributed by atoms with van der Waals surface area (Å²) in [7, 11) is 0. The van der Waals surface area contributed by atoms with Gasteiger partial charge in [0.05, 0.1) is 0 Å². The van der Waals surface area contributed by atoms with Crippen LogP contribution in [0.5, 0.6) is 0 Å². The van der Waals surface area contributed by atoms with Crippen molar-refractivity contribution in [2.45, 2.75) is 410 Å². The second-order valence-electron chi connectivity index (χ2n) is 26.9. The van der Waals surface area contributed by atoms with Crippen LogP contribution in [0.2, 0.25) is 10.8 Å². The van der Waals surface area contributed by atoms with Gasteiger partial charge in [-0.15, -0.1) is 13.2 Å². The predicted molar refractivity (Wildman–Crippen MR) is 389 cm³/mol. The zero-order chi connectivity index (χ0) is 62.2. The van der Waals surface area contributed by atoms with E-state index in [1.165, 1.54) is 366 Å². The van der Waals surface area contributed by atoms with Crippen molar-refractivity contribution >= 4 is 11.4 Å². The third-order valence-corrected chi connectivity index (χ3v) is 20.2. The summed E-state index contributed by atoms with van der Waals surface area (Å²) in [5.74, 6) is 0. The van der Waals surface area contributed by atoms with Crippen molar-refractivity contribution in [2.24, 2.45) is 0 Å². The van der Waals surface area contributed by atoms with Crippen LogP contribution in [0.3, 0.4) is 0 Å². The number of unbranched alkanes of at least 4 members (excludes halogenated alkanes) is 51. The molecule has 1 aliphatic heterocycles. The molecule has 0 aromatic heterocycles. The molecule has 0 amide bonds. The Kier molecular flexibility index (Phi) is 58.9. The van der Waals surface area contributed by atoms with Crippen molar-refractivity contribution in [1.29, 1.82) is 0 Å². The molecule has 1 heterocycles. The van der Waals surface area contributed by atoms with Crippen molar-refractivity contribution in [2.75, 3.05) is 0 Å². The van der Waals surface area contributed by atoms with Gasteiger partial charge in [0.1, 0.15) is 0 Å². The van der Waals surface area contributed by atoms with Crippen molar-refractivity contribution in [3.8, 4) is 0 Å². The van der Waals surface area contributed by atoms with Crippen LogP contribution in [0, 0.1) is 0 Å². The van der Waals surface area contributed by atoms with E-state index in [0.717, 1.165) is 67.5 Å². The van der Waals surface area contributed by atoms with Crippen LogP contribution in [-0.4, -0.2) is 4.70 Å². The average molecular weight is 1240 g/mol. The normalized spacial score (nSPS) is 12.4.